The number of anilines is 3. The topological polar surface area (TPSA) is 96.7 Å². The van der Waals surface area contributed by atoms with E-state index in [0.29, 0.717) is 22.3 Å². The van der Waals surface area contributed by atoms with Crippen molar-refractivity contribution < 1.29 is 18.7 Å². The van der Waals surface area contributed by atoms with Gasteiger partial charge < -0.3 is 24.7 Å². The molecule has 34 heavy (non-hydrogen) atoms. The van der Waals surface area contributed by atoms with Crippen LogP contribution in [0.4, 0.5) is 16.5 Å². The summed E-state index contributed by atoms with van der Waals surface area (Å²) in [6.07, 6.45) is 1.69. The fourth-order valence-electron chi connectivity index (χ4n) is 3.28. The lowest BCUT2D eigenvalue weighted by molar-refractivity contribution is -0.116. The van der Waals surface area contributed by atoms with E-state index in [0.717, 1.165) is 5.69 Å². The van der Waals surface area contributed by atoms with E-state index >= 15 is 0 Å². The molecule has 2 amide bonds. The second-order valence-electron chi connectivity index (χ2n) is 7.33. The number of amides is 2. The summed E-state index contributed by atoms with van der Waals surface area (Å²) in [6, 6.07) is 20.2. The number of hydrogen-bond acceptors (Lipinski definition) is 7. The Labute approximate surface area is 201 Å². The number of methoxy groups -OCH3 is 1. The number of carbonyl (C=O) groups excluding carboxylic acids is 2. The van der Waals surface area contributed by atoms with Gasteiger partial charge in [0.25, 0.3) is 5.91 Å². The van der Waals surface area contributed by atoms with Gasteiger partial charge >= 0.3 is 0 Å². The standard InChI is InChI=1S/C25H24N4O4S/c1-32-22-12-6-5-11-20(22)27-25-28-21(17-34-25)24(31)29(16-19-10-7-15-33-19)14-13-23(30)26-18-8-3-2-4-9-18/h2-12,15,17H,13-14,16H2,1H3,(H,26,30)(H,27,28). The van der Waals surface area contributed by atoms with Crippen LogP contribution in [0.5, 0.6) is 5.75 Å². The van der Waals surface area contributed by atoms with Crippen LogP contribution >= 0.6 is 11.3 Å². The van der Waals surface area contributed by atoms with Crippen LogP contribution in [0.15, 0.2) is 82.8 Å². The van der Waals surface area contributed by atoms with Gasteiger partial charge in [-0.05, 0) is 36.4 Å². The number of aromatic nitrogens is 1. The molecule has 0 aliphatic carbocycles. The van der Waals surface area contributed by atoms with Crippen molar-refractivity contribution in [2.75, 3.05) is 24.3 Å². The van der Waals surface area contributed by atoms with Crippen LogP contribution in [-0.2, 0) is 11.3 Å². The summed E-state index contributed by atoms with van der Waals surface area (Å²) in [4.78, 5) is 31.7. The Bertz CT molecular complexity index is 1220. The van der Waals surface area contributed by atoms with Crippen LogP contribution in [-0.4, -0.2) is 35.4 Å². The molecule has 8 nitrogen and oxygen atoms in total. The van der Waals surface area contributed by atoms with Crippen molar-refractivity contribution in [2.24, 2.45) is 0 Å². The lowest BCUT2D eigenvalue weighted by Gasteiger charge is -2.20. The maximum atomic E-state index is 13.3. The Morgan fingerprint density at radius 3 is 2.62 bits per heavy atom. The minimum Gasteiger partial charge on any atom is -0.495 e. The molecule has 2 aromatic heterocycles. The van der Waals surface area contributed by atoms with Crippen molar-refractivity contribution in [3.8, 4) is 5.75 Å². The van der Waals surface area contributed by atoms with Gasteiger partial charge in [-0.2, -0.15) is 0 Å². The van der Waals surface area contributed by atoms with Gasteiger partial charge in [0.2, 0.25) is 5.91 Å². The van der Waals surface area contributed by atoms with Crippen LogP contribution in [0.2, 0.25) is 0 Å². The Hall–Kier alpha value is -4.11. The third kappa shape index (κ3) is 6.02. The first-order valence-corrected chi connectivity index (χ1v) is 11.5. The van der Waals surface area contributed by atoms with Crippen LogP contribution in [0.3, 0.4) is 0 Å². The zero-order chi connectivity index (χ0) is 23.8. The zero-order valence-corrected chi connectivity index (χ0v) is 19.4. The Morgan fingerprint density at radius 2 is 1.85 bits per heavy atom. The predicted octanol–water partition coefficient (Wildman–Crippen LogP) is 5.16. The van der Waals surface area contributed by atoms with Crippen LogP contribution in [0.25, 0.3) is 0 Å². The third-order valence-electron chi connectivity index (χ3n) is 4.95. The first kappa shape index (κ1) is 23.1. The first-order valence-electron chi connectivity index (χ1n) is 10.6. The summed E-state index contributed by atoms with van der Waals surface area (Å²) in [6.45, 7) is 0.447. The zero-order valence-electron chi connectivity index (χ0n) is 18.6. The number of benzene rings is 2. The Morgan fingerprint density at radius 1 is 1.06 bits per heavy atom. The quantitative estimate of drug-likeness (QED) is 0.328. The molecule has 9 heteroatoms. The van der Waals surface area contributed by atoms with Crippen LogP contribution in [0, 0.1) is 0 Å². The Kier molecular flexibility index (Phi) is 7.56. The number of ether oxygens (including phenoxy) is 1. The minimum absolute atomic E-state index is 0.137. The first-order chi connectivity index (χ1) is 16.6. The molecule has 2 heterocycles. The smallest absolute Gasteiger partial charge is 0.273 e. The fourth-order valence-corrected chi connectivity index (χ4v) is 3.98. The highest BCUT2D eigenvalue weighted by atomic mass is 32.1. The second-order valence-corrected chi connectivity index (χ2v) is 8.19. The van der Waals surface area contributed by atoms with Gasteiger partial charge in [-0.1, -0.05) is 30.3 Å². The summed E-state index contributed by atoms with van der Waals surface area (Å²) < 4.78 is 10.8. The molecular weight excluding hydrogens is 452 g/mol. The number of hydrogen-bond donors (Lipinski definition) is 2. The summed E-state index contributed by atoms with van der Waals surface area (Å²) in [7, 11) is 1.60. The molecule has 4 rings (SSSR count). The van der Waals surface area contributed by atoms with Gasteiger partial charge in [0, 0.05) is 24.0 Å². The molecule has 0 fully saturated rings. The highest BCUT2D eigenvalue weighted by Gasteiger charge is 2.21. The number of nitrogens with one attached hydrogen (secondary N) is 2. The van der Waals surface area contributed by atoms with E-state index in [1.165, 1.54) is 11.3 Å². The molecule has 4 aromatic rings. The van der Waals surface area contributed by atoms with E-state index in [4.69, 9.17) is 9.15 Å². The minimum atomic E-state index is -0.284. The number of furan rings is 1. The molecular formula is C25H24N4O4S. The van der Waals surface area contributed by atoms with E-state index in [9.17, 15) is 9.59 Å². The highest BCUT2D eigenvalue weighted by Crippen LogP contribution is 2.29. The predicted molar refractivity (Wildman–Crippen MR) is 132 cm³/mol. The van der Waals surface area contributed by atoms with E-state index in [2.05, 4.69) is 15.6 Å². The van der Waals surface area contributed by atoms with Crippen molar-refractivity contribution in [2.45, 2.75) is 13.0 Å². The van der Waals surface area contributed by atoms with Gasteiger partial charge in [-0.3, -0.25) is 9.59 Å². The van der Waals surface area contributed by atoms with Gasteiger partial charge in [0.05, 0.1) is 25.6 Å². The van der Waals surface area contributed by atoms with Gasteiger partial charge in [-0.25, -0.2) is 4.98 Å². The molecule has 0 spiro atoms. The summed E-state index contributed by atoms with van der Waals surface area (Å²) in [5.41, 5.74) is 1.75. The molecule has 0 unspecified atom stereocenters. The number of rotatable bonds is 10. The van der Waals surface area contributed by atoms with E-state index in [1.807, 2.05) is 54.6 Å². The number of carbonyl (C=O) groups is 2. The molecule has 2 aromatic carbocycles. The summed E-state index contributed by atoms with van der Waals surface area (Å²) in [5.74, 6) is 0.836. The fraction of sp³-hybridized carbons (Fsp3) is 0.160. The second kappa shape index (κ2) is 11.2. The monoisotopic (exact) mass is 476 g/mol. The van der Waals surface area contributed by atoms with E-state index < -0.39 is 0 Å². The average molecular weight is 477 g/mol. The number of nitrogens with zero attached hydrogens (tertiary/aromatic N) is 2. The van der Waals surface area contributed by atoms with Gasteiger partial charge in [0.1, 0.15) is 17.2 Å². The van der Waals surface area contributed by atoms with Crippen molar-refractivity contribution in [3.05, 3.63) is 89.8 Å². The van der Waals surface area contributed by atoms with Crippen molar-refractivity contribution in [3.63, 3.8) is 0 Å². The molecule has 0 bridgehead atoms. The average Bonchev–Trinajstić information content (AvgIpc) is 3.55. The van der Waals surface area contributed by atoms with Crippen molar-refractivity contribution in [1.82, 2.24) is 9.88 Å². The molecule has 174 valence electrons. The maximum absolute atomic E-state index is 13.3. The van der Waals surface area contributed by atoms with Crippen molar-refractivity contribution >= 4 is 39.7 Å². The molecule has 2 N–H and O–H groups in total. The third-order valence-corrected chi connectivity index (χ3v) is 5.71. The summed E-state index contributed by atoms with van der Waals surface area (Å²) >= 11 is 1.32. The van der Waals surface area contributed by atoms with Crippen LogP contribution in [0.1, 0.15) is 22.7 Å². The lowest BCUT2D eigenvalue weighted by atomic mass is 10.2. The molecule has 0 aliphatic rings. The van der Waals surface area contributed by atoms with Crippen LogP contribution < -0.4 is 15.4 Å². The van der Waals surface area contributed by atoms with Gasteiger partial charge in [-0.15, -0.1) is 11.3 Å². The highest BCUT2D eigenvalue weighted by molar-refractivity contribution is 7.14. The molecule has 0 saturated heterocycles. The van der Waals surface area contributed by atoms with E-state index in [-0.39, 0.29) is 37.0 Å². The molecule has 0 atom stereocenters. The lowest BCUT2D eigenvalue weighted by Crippen LogP contribution is -2.33. The normalized spacial score (nSPS) is 10.5. The van der Waals surface area contributed by atoms with Crippen molar-refractivity contribution in [1.29, 1.82) is 0 Å². The largest absolute Gasteiger partial charge is 0.495 e. The SMILES string of the molecule is COc1ccccc1Nc1nc(C(=O)N(CCC(=O)Nc2ccccc2)Cc2ccco2)cs1. The molecule has 0 radical (unpaired) electrons. The Balaban J connectivity index is 1.44. The maximum Gasteiger partial charge on any atom is 0.273 e. The molecule has 0 aliphatic heterocycles. The van der Waals surface area contributed by atoms with Gasteiger partial charge in [0.15, 0.2) is 5.13 Å². The molecule has 0 saturated carbocycles. The van der Waals surface area contributed by atoms with E-state index in [1.54, 1.807) is 35.8 Å². The number of thiazole rings is 1. The summed E-state index contributed by atoms with van der Waals surface area (Å²) in [5, 5.41) is 8.29. The number of para-hydroxylation sites is 3.